The van der Waals surface area contributed by atoms with Gasteiger partial charge in [0, 0.05) is 29.0 Å². The highest BCUT2D eigenvalue weighted by atomic mass is 19.1. The lowest BCUT2D eigenvalue weighted by molar-refractivity contribution is 0.112. The molecule has 0 spiro atoms. The lowest BCUT2D eigenvalue weighted by Crippen LogP contribution is -1.90. The number of carbonyl (C=O) groups excluding carboxylic acids is 1. The number of aldehydes is 1. The molecule has 1 aromatic carbocycles. The van der Waals surface area contributed by atoms with Crippen LogP contribution in [0.1, 0.15) is 10.4 Å². The van der Waals surface area contributed by atoms with Crippen molar-refractivity contribution in [3.63, 3.8) is 0 Å². The summed E-state index contributed by atoms with van der Waals surface area (Å²) in [6, 6.07) is 7.69. The zero-order valence-corrected chi connectivity index (χ0v) is 9.18. The van der Waals surface area contributed by atoms with E-state index in [1.54, 1.807) is 24.3 Å². The summed E-state index contributed by atoms with van der Waals surface area (Å²) in [7, 11) is 1.52. The smallest absolute Gasteiger partial charge is 0.212 e. The molecule has 0 amide bonds. The largest absolute Gasteiger partial charge is 0.481 e. The summed E-state index contributed by atoms with van der Waals surface area (Å²) < 4.78 is 18.6. The van der Waals surface area contributed by atoms with E-state index < -0.39 is 5.82 Å². The molecule has 0 aliphatic rings. The SMILES string of the molecule is COc1ccc(-c2ccc(C=O)cc2F)cn1. The van der Waals surface area contributed by atoms with Gasteiger partial charge >= 0.3 is 0 Å². The summed E-state index contributed by atoms with van der Waals surface area (Å²) in [6.07, 6.45) is 2.14. The second-order valence-corrected chi connectivity index (χ2v) is 3.45. The number of hydrogen-bond donors (Lipinski definition) is 0. The van der Waals surface area contributed by atoms with Gasteiger partial charge in [0.15, 0.2) is 0 Å². The van der Waals surface area contributed by atoms with Gasteiger partial charge in [-0.3, -0.25) is 4.79 Å². The Bertz CT molecular complexity index is 538. The highest BCUT2D eigenvalue weighted by Gasteiger charge is 2.06. The van der Waals surface area contributed by atoms with Gasteiger partial charge in [0.05, 0.1) is 7.11 Å². The molecule has 2 aromatic rings. The average molecular weight is 231 g/mol. The third-order valence-electron chi connectivity index (χ3n) is 2.39. The van der Waals surface area contributed by atoms with Gasteiger partial charge in [0.1, 0.15) is 12.1 Å². The second kappa shape index (κ2) is 4.74. The fraction of sp³-hybridized carbons (Fsp3) is 0.0769. The van der Waals surface area contributed by atoms with E-state index in [1.165, 1.54) is 19.4 Å². The van der Waals surface area contributed by atoms with Crippen LogP contribution in [0.15, 0.2) is 36.5 Å². The molecule has 0 unspecified atom stereocenters. The van der Waals surface area contributed by atoms with E-state index in [0.29, 0.717) is 28.9 Å². The van der Waals surface area contributed by atoms with Crippen molar-refractivity contribution in [2.75, 3.05) is 7.11 Å². The van der Waals surface area contributed by atoms with Gasteiger partial charge in [-0.1, -0.05) is 12.1 Å². The lowest BCUT2D eigenvalue weighted by atomic mass is 10.1. The molecule has 4 heteroatoms. The standard InChI is InChI=1S/C13H10FNO2/c1-17-13-5-3-10(7-15-13)11-4-2-9(8-16)6-12(11)14/h2-8H,1H3. The predicted molar refractivity (Wildman–Crippen MR) is 61.6 cm³/mol. The fourth-order valence-corrected chi connectivity index (χ4v) is 1.50. The number of rotatable bonds is 3. The number of hydrogen-bond acceptors (Lipinski definition) is 3. The van der Waals surface area contributed by atoms with Gasteiger partial charge in [0.2, 0.25) is 5.88 Å². The van der Waals surface area contributed by atoms with Crippen molar-refractivity contribution in [1.29, 1.82) is 0 Å². The van der Waals surface area contributed by atoms with Gasteiger partial charge in [-0.25, -0.2) is 9.37 Å². The summed E-state index contributed by atoms with van der Waals surface area (Å²) in [5, 5.41) is 0. The number of aromatic nitrogens is 1. The van der Waals surface area contributed by atoms with Crippen LogP contribution in [0, 0.1) is 5.82 Å². The molecule has 1 heterocycles. The van der Waals surface area contributed by atoms with Crippen LogP contribution in [0.25, 0.3) is 11.1 Å². The zero-order chi connectivity index (χ0) is 12.3. The molecule has 0 aliphatic heterocycles. The van der Waals surface area contributed by atoms with E-state index in [9.17, 15) is 9.18 Å². The van der Waals surface area contributed by atoms with Crippen molar-refractivity contribution in [2.45, 2.75) is 0 Å². The van der Waals surface area contributed by atoms with Gasteiger partial charge in [-0.05, 0) is 12.1 Å². The molecule has 17 heavy (non-hydrogen) atoms. The number of halogens is 1. The topological polar surface area (TPSA) is 39.2 Å². The molecule has 0 saturated carbocycles. The van der Waals surface area contributed by atoms with Crippen molar-refractivity contribution in [3.8, 4) is 17.0 Å². The van der Waals surface area contributed by atoms with Crippen LogP contribution in [0.3, 0.4) is 0 Å². The lowest BCUT2D eigenvalue weighted by Gasteiger charge is -2.04. The van der Waals surface area contributed by atoms with E-state index in [-0.39, 0.29) is 0 Å². The molecule has 86 valence electrons. The summed E-state index contributed by atoms with van der Waals surface area (Å²) in [5.74, 6) is 0.0280. The number of nitrogens with zero attached hydrogens (tertiary/aromatic N) is 1. The van der Waals surface area contributed by atoms with Crippen molar-refractivity contribution < 1.29 is 13.9 Å². The van der Waals surface area contributed by atoms with Crippen LogP contribution < -0.4 is 4.74 Å². The maximum Gasteiger partial charge on any atom is 0.212 e. The summed E-state index contributed by atoms with van der Waals surface area (Å²) in [6.45, 7) is 0. The highest BCUT2D eigenvalue weighted by Crippen LogP contribution is 2.23. The zero-order valence-electron chi connectivity index (χ0n) is 9.18. The molecule has 0 radical (unpaired) electrons. The third-order valence-corrected chi connectivity index (χ3v) is 2.39. The maximum atomic E-state index is 13.7. The molecule has 0 saturated heterocycles. The van der Waals surface area contributed by atoms with E-state index in [2.05, 4.69) is 4.98 Å². The molecule has 0 atom stereocenters. The second-order valence-electron chi connectivity index (χ2n) is 3.45. The van der Waals surface area contributed by atoms with Crippen LogP contribution in [0.2, 0.25) is 0 Å². The predicted octanol–water partition coefficient (Wildman–Crippen LogP) is 2.71. The monoisotopic (exact) mass is 231 g/mol. The molecule has 1 aromatic heterocycles. The maximum absolute atomic E-state index is 13.7. The molecular weight excluding hydrogens is 221 g/mol. The first kappa shape index (κ1) is 11.3. The van der Waals surface area contributed by atoms with Crippen molar-refractivity contribution in [3.05, 3.63) is 47.9 Å². The van der Waals surface area contributed by atoms with E-state index in [0.717, 1.165) is 0 Å². The van der Waals surface area contributed by atoms with Crippen LogP contribution in [-0.2, 0) is 0 Å². The normalized spacial score (nSPS) is 10.0. The highest BCUT2D eigenvalue weighted by molar-refractivity contribution is 5.77. The van der Waals surface area contributed by atoms with Crippen LogP contribution in [0.5, 0.6) is 5.88 Å². The van der Waals surface area contributed by atoms with Gasteiger partial charge < -0.3 is 4.74 Å². The molecule has 0 aliphatic carbocycles. The minimum Gasteiger partial charge on any atom is -0.481 e. The average Bonchev–Trinajstić information content (AvgIpc) is 2.39. The number of carbonyl (C=O) groups is 1. The first-order valence-electron chi connectivity index (χ1n) is 4.99. The Kier molecular flexibility index (Phi) is 3.14. The Hall–Kier alpha value is -2.23. The molecule has 0 bridgehead atoms. The van der Waals surface area contributed by atoms with E-state index in [1.807, 2.05) is 0 Å². The minimum absolute atomic E-state index is 0.313. The van der Waals surface area contributed by atoms with Crippen LogP contribution in [-0.4, -0.2) is 18.4 Å². The minimum atomic E-state index is -0.443. The van der Waals surface area contributed by atoms with Gasteiger partial charge in [-0.15, -0.1) is 0 Å². The Morgan fingerprint density at radius 2 is 2.12 bits per heavy atom. The Morgan fingerprint density at radius 3 is 2.65 bits per heavy atom. The molecule has 0 N–H and O–H groups in total. The van der Waals surface area contributed by atoms with Gasteiger partial charge in [0.25, 0.3) is 0 Å². The first-order valence-corrected chi connectivity index (χ1v) is 4.99. The van der Waals surface area contributed by atoms with E-state index >= 15 is 0 Å². The summed E-state index contributed by atoms with van der Waals surface area (Å²) in [4.78, 5) is 14.5. The number of methoxy groups -OCH3 is 1. The van der Waals surface area contributed by atoms with Crippen molar-refractivity contribution >= 4 is 6.29 Å². The quantitative estimate of drug-likeness (QED) is 0.762. The van der Waals surface area contributed by atoms with Crippen LogP contribution in [0.4, 0.5) is 4.39 Å². The first-order chi connectivity index (χ1) is 8.24. The van der Waals surface area contributed by atoms with E-state index in [4.69, 9.17) is 4.74 Å². The number of pyridine rings is 1. The summed E-state index contributed by atoms with van der Waals surface area (Å²) >= 11 is 0. The Morgan fingerprint density at radius 1 is 1.29 bits per heavy atom. The molecular formula is C13H10FNO2. The molecule has 2 rings (SSSR count). The number of ether oxygens (including phenoxy) is 1. The van der Waals surface area contributed by atoms with Gasteiger partial charge in [-0.2, -0.15) is 0 Å². The van der Waals surface area contributed by atoms with Crippen LogP contribution >= 0.6 is 0 Å². The fourth-order valence-electron chi connectivity index (χ4n) is 1.50. The van der Waals surface area contributed by atoms with Crippen molar-refractivity contribution in [2.24, 2.45) is 0 Å². The van der Waals surface area contributed by atoms with Crippen molar-refractivity contribution in [1.82, 2.24) is 4.98 Å². The Balaban J connectivity index is 2.41. The third kappa shape index (κ3) is 2.30. The number of benzene rings is 1. The summed E-state index contributed by atoms with van der Waals surface area (Å²) in [5.41, 5.74) is 1.36. The molecule has 0 fully saturated rings. The molecule has 3 nitrogen and oxygen atoms in total. The Labute approximate surface area is 97.9 Å².